The molecule has 0 saturated heterocycles. The number of amides is 1. The second kappa shape index (κ2) is 4.96. The van der Waals surface area contributed by atoms with Crippen molar-refractivity contribution >= 4 is 28.0 Å². The van der Waals surface area contributed by atoms with Gasteiger partial charge in [-0.05, 0) is 13.8 Å². The van der Waals surface area contributed by atoms with Crippen molar-refractivity contribution in [3.8, 4) is 0 Å². The van der Waals surface area contributed by atoms with Crippen molar-refractivity contribution in [2.75, 3.05) is 5.32 Å². The summed E-state index contributed by atoms with van der Waals surface area (Å²) in [6.45, 7) is 7.76. The summed E-state index contributed by atoms with van der Waals surface area (Å²) in [4.78, 5) is 13.7. The number of nitrogens with zero attached hydrogens (tertiary/aromatic N) is 4. The molecule has 0 unspecified atom stereocenters. The number of hydrogen-bond donors (Lipinski definition) is 1. The van der Waals surface area contributed by atoms with Crippen molar-refractivity contribution in [1.29, 1.82) is 0 Å². The summed E-state index contributed by atoms with van der Waals surface area (Å²) in [6, 6.07) is 1.67. The number of rotatable bonds is 3. The summed E-state index contributed by atoms with van der Waals surface area (Å²) in [5, 5.41) is 14.8. The number of anilines is 1. The van der Waals surface area contributed by atoms with Gasteiger partial charge in [0.2, 0.25) is 4.96 Å². The number of nitrogens with one attached hydrogen (secondary N) is 1. The van der Waals surface area contributed by atoms with E-state index in [2.05, 4.69) is 20.7 Å². The number of hydrogen-bond acceptors (Lipinski definition) is 6. The van der Waals surface area contributed by atoms with E-state index in [4.69, 9.17) is 4.52 Å². The molecule has 3 aromatic rings. The third kappa shape index (κ3) is 2.31. The normalized spacial score (nSPS) is 11.5. The largest absolute Gasteiger partial charge is 0.360 e. The molecule has 0 atom stereocenters. The lowest BCUT2D eigenvalue weighted by Gasteiger charge is -2.03. The molecule has 3 heterocycles. The van der Waals surface area contributed by atoms with E-state index in [0.29, 0.717) is 16.5 Å². The van der Waals surface area contributed by atoms with Gasteiger partial charge in [-0.25, -0.2) is 0 Å². The molecular weight excluding hydrogens is 290 g/mol. The first-order chi connectivity index (χ1) is 9.97. The summed E-state index contributed by atoms with van der Waals surface area (Å²) >= 11 is 1.32. The first-order valence-corrected chi connectivity index (χ1v) is 7.38. The third-order valence-electron chi connectivity index (χ3n) is 3.11. The van der Waals surface area contributed by atoms with Gasteiger partial charge in [-0.2, -0.15) is 0 Å². The maximum Gasteiger partial charge on any atom is 0.268 e. The Morgan fingerprint density at radius 1 is 1.38 bits per heavy atom. The number of fused-ring (bicyclic) bond motifs is 1. The van der Waals surface area contributed by atoms with E-state index in [1.807, 2.05) is 25.2 Å². The van der Waals surface area contributed by atoms with E-state index in [1.165, 1.54) is 11.3 Å². The van der Waals surface area contributed by atoms with Gasteiger partial charge >= 0.3 is 0 Å². The highest BCUT2D eigenvalue weighted by Crippen LogP contribution is 2.26. The van der Waals surface area contributed by atoms with Gasteiger partial charge in [0, 0.05) is 17.7 Å². The molecular formula is C13H15N5O2S. The molecule has 0 radical (unpaired) electrons. The SMILES string of the molecule is Cc1cc(NC(=O)c2sc3nnc(C(C)C)n3c2C)no1. The van der Waals surface area contributed by atoms with E-state index in [1.54, 1.807) is 13.0 Å². The Hall–Kier alpha value is -2.22. The molecule has 0 saturated carbocycles. The van der Waals surface area contributed by atoms with Gasteiger partial charge in [0.05, 0.1) is 0 Å². The number of aryl methyl sites for hydroxylation is 2. The maximum atomic E-state index is 12.3. The van der Waals surface area contributed by atoms with Crippen LogP contribution in [0.4, 0.5) is 5.82 Å². The molecule has 0 aliphatic heterocycles. The monoisotopic (exact) mass is 305 g/mol. The molecule has 0 aliphatic rings. The van der Waals surface area contributed by atoms with E-state index >= 15 is 0 Å². The van der Waals surface area contributed by atoms with Crippen LogP contribution in [0.25, 0.3) is 4.96 Å². The van der Waals surface area contributed by atoms with Gasteiger partial charge in [0.15, 0.2) is 5.82 Å². The van der Waals surface area contributed by atoms with Crippen LogP contribution in [0.2, 0.25) is 0 Å². The summed E-state index contributed by atoms with van der Waals surface area (Å²) in [7, 11) is 0. The lowest BCUT2D eigenvalue weighted by atomic mass is 10.2. The number of aromatic nitrogens is 4. The summed E-state index contributed by atoms with van der Waals surface area (Å²) in [5.41, 5.74) is 0.835. The van der Waals surface area contributed by atoms with E-state index in [-0.39, 0.29) is 11.8 Å². The molecule has 21 heavy (non-hydrogen) atoms. The molecule has 0 bridgehead atoms. The third-order valence-corrected chi connectivity index (χ3v) is 4.24. The first kappa shape index (κ1) is 13.7. The molecule has 3 aromatic heterocycles. The average molecular weight is 305 g/mol. The zero-order valence-corrected chi connectivity index (χ0v) is 13.0. The fourth-order valence-electron chi connectivity index (χ4n) is 2.11. The molecule has 1 N–H and O–H groups in total. The van der Waals surface area contributed by atoms with Gasteiger partial charge in [-0.1, -0.05) is 30.3 Å². The first-order valence-electron chi connectivity index (χ1n) is 6.56. The zero-order chi connectivity index (χ0) is 15.1. The fourth-order valence-corrected chi connectivity index (χ4v) is 3.08. The molecule has 0 aromatic carbocycles. The van der Waals surface area contributed by atoms with Crippen LogP contribution in [-0.2, 0) is 0 Å². The van der Waals surface area contributed by atoms with Crippen molar-refractivity contribution in [3.05, 3.63) is 28.2 Å². The molecule has 110 valence electrons. The lowest BCUT2D eigenvalue weighted by Crippen LogP contribution is -2.12. The molecule has 7 nitrogen and oxygen atoms in total. The summed E-state index contributed by atoms with van der Waals surface area (Å²) in [5.74, 6) is 1.93. The number of carbonyl (C=O) groups excluding carboxylic acids is 1. The van der Waals surface area contributed by atoms with Gasteiger partial charge in [-0.15, -0.1) is 10.2 Å². The van der Waals surface area contributed by atoms with E-state index < -0.39 is 0 Å². The van der Waals surface area contributed by atoms with Gasteiger partial charge in [-0.3, -0.25) is 9.20 Å². The topological polar surface area (TPSA) is 85.3 Å². The zero-order valence-electron chi connectivity index (χ0n) is 12.2. The van der Waals surface area contributed by atoms with Crippen molar-refractivity contribution in [3.63, 3.8) is 0 Å². The Balaban J connectivity index is 1.97. The second-order valence-electron chi connectivity index (χ2n) is 5.12. The van der Waals surface area contributed by atoms with Crippen LogP contribution in [-0.4, -0.2) is 25.7 Å². The Morgan fingerprint density at radius 2 is 2.14 bits per heavy atom. The fraction of sp³-hybridized carbons (Fsp3) is 0.385. The summed E-state index contributed by atoms with van der Waals surface area (Å²) < 4.78 is 6.87. The number of thiazole rings is 1. The van der Waals surface area contributed by atoms with Crippen LogP contribution >= 0.6 is 11.3 Å². The van der Waals surface area contributed by atoms with E-state index in [9.17, 15) is 4.79 Å². The smallest absolute Gasteiger partial charge is 0.268 e. The van der Waals surface area contributed by atoms with Crippen LogP contribution in [0.5, 0.6) is 0 Å². The summed E-state index contributed by atoms with van der Waals surface area (Å²) in [6.07, 6.45) is 0. The average Bonchev–Trinajstić information content (AvgIpc) is 3.07. The number of carbonyl (C=O) groups is 1. The van der Waals surface area contributed by atoms with Crippen molar-refractivity contribution < 1.29 is 9.32 Å². The molecule has 3 rings (SSSR count). The van der Waals surface area contributed by atoms with Gasteiger partial charge < -0.3 is 9.84 Å². The molecule has 0 aliphatic carbocycles. The van der Waals surface area contributed by atoms with Crippen LogP contribution in [0.1, 0.15) is 46.7 Å². The highest BCUT2D eigenvalue weighted by molar-refractivity contribution is 7.19. The quantitative estimate of drug-likeness (QED) is 0.804. The van der Waals surface area contributed by atoms with Crippen molar-refractivity contribution in [2.24, 2.45) is 0 Å². The van der Waals surface area contributed by atoms with Crippen molar-refractivity contribution in [2.45, 2.75) is 33.6 Å². The minimum atomic E-state index is -0.217. The Kier molecular flexibility index (Phi) is 3.25. The Bertz CT molecular complexity index is 814. The Morgan fingerprint density at radius 3 is 2.76 bits per heavy atom. The molecule has 8 heteroatoms. The van der Waals surface area contributed by atoms with Crippen LogP contribution in [0.15, 0.2) is 10.6 Å². The van der Waals surface area contributed by atoms with Crippen LogP contribution in [0.3, 0.4) is 0 Å². The molecule has 1 amide bonds. The van der Waals surface area contributed by atoms with Gasteiger partial charge in [0.25, 0.3) is 5.91 Å². The molecule has 0 fully saturated rings. The highest BCUT2D eigenvalue weighted by atomic mass is 32.1. The van der Waals surface area contributed by atoms with Crippen LogP contribution < -0.4 is 5.32 Å². The standard InChI is InChI=1S/C13H15N5O2S/c1-6(2)11-15-16-13-18(11)8(4)10(21-13)12(19)14-9-5-7(3)20-17-9/h5-6H,1-4H3,(H,14,17,19). The van der Waals surface area contributed by atoms with Gasteiger partial charge in [0.1, 0.15) is 16.5 Å². The highest BCUT2D eigenvalue weighted by Gasteiger charge is 2.21. The minimum absolute atomic E-state index is 0.217. The molecule has 0 spiro atoms. The Labute approximate surface area is 125 Å². The lowest BCUT2D eigenvalue weighted by molar-refractivity contribution is 0.102. The minimum Gasteiger partial charge on any atom is -0.360 e. The predicted molar refractivity (Wildman–Crippen MR) is 78.9 cm³/mol. The maximum absolute atomic E-state index is 12.3. The van der Waals surface area contributed by atoms with Crippen LogP contribution in [0, 0.1) is 13.8 Å². The van der Waals surface area contributed by atoms with Crippen molar-refractivity contribution in [1.82, 2.24) is 19.8 Å². The van der Waals surface area contributed by atoms with E-state index in [0.717, 1.165) is 16.5 Å². The predicted octanol–water partition coefficient (Wildman–Crippen LogP) is 2.77. The second-order valence-corrected chi connectivity index (χ2v) is 6.10.